The fraction of sp³-hybridized carbons (Fsp3) is 0.471. The van der Waals surface area contributed by atoms with E-state index in [0.29, 0.717) is 46.8 Å². The van der Waals surface area contributed by atoms with Gasteiger partial charge in [0.05, 0.1) is 24.2 Å². The summed E-state index contributed by atoms with van der Waals surface area (Å²) in [5.41, 5.74) is 4.97. The van der Waals surface area contributed by atoms with E-state index in [9.17, 15) is 19.8 Å². The highest BCUT2D eigenvalue weighted by atomic mass is 16.5. The number of aromatic nitrogens is 1. The van der Waals surface area contributed by atoms with Crippen molar-refractivity contribution < 1.29 is 24.5 Å². The van der Waals surface area contributed by atoms with Crippen molar-refractivity contribution in [3.05, 3.63) is 67.3 Å². The van der Waals surface area contributed by atoms with Crippen molar-refractivity contribution in [2.75, 3.05) is 7.11 Å². The van der Waals surface area contributed by atoms with Crippen LogP contribution in [0.15, 0.2) is 55.4 Å². The van der Waals surface area contributed by atoms with Gasteiger partial charge in [0.25, 0.3) is 0 Å². The molecule has 226 valence electrons. The first kappa shape index (κ1) is 29.3. The first-order chi connectivity index (χ1) is 20.3. The molecule has 0 fully saturated rings. The predicted molar refractivity (Wildman–Crippen MR) is 165 cm³/mol. The number of methoxy groups -OCH3 is 1. The number of esters is 1. The van der Waals surface area contributed by atoms with Crippen LogP contribution in [-0.4, -0.2) is 56.8 Å². The molecule has 0 saturated heterocycles. The van der Waals surface area contributed by atoms with E-state index < -0.39 is 11.3 Å². The molecule has 6 rings (SSSR count). The number of carbonyl (C=O) groups excluding carboxylic acids is 2. The van der Waals surface area contributed by atoms with Crippen molar-refractivity contribution in [2.45, 2.75) is 85.0 Å². The van der Waals surface area contributed by atoms with Gasteiger partial charge in [-0.3, -0.25) is 14.6 Å². The molecule has 9 nitrogen and oxygen atoms in total. The number of rotatable bonds is 5. The standard InChI is InChI=1S/C34H40N4O5/c1-8-19-16(3)23-14-26-22(9-2)33(6,41)34(42,38-26)15-27-17(4)20(10-11-29(40)43-7)31(37-27)21-12-28(39)30-18(5)24(36-32(21)30)13-25(19)35-23/h13-15,17,20,35,38,41-42H,8-12H2,1-7H3/b23-14-,25-13-,27-15-. The topological polar surface area (TPSA) is 136 Å². The third kappa shape index (κ3) is 4.27. The maximum atomic E-state index is 13.5. The molecule has 4 aliphatic heterocycles. The summed E-state index contributed by atoms with van der Waals surface area (Å²) in [6.07, 6.45) is 7.71. The normalized spacial score (nSPS) is 32.2. The minimum Gasteiger partial charge on any atom is -0.469 e. The average molecular weight is 585 g/mol. The highest BCUT2D eigenvalue weighted by molar-refractivity contribution is 6.30. The van der Waals surface area contributed by atoms with Gasteiger partial charge in [-0.2, -0.15) is 0 Å². The van der Waals surface area contributed by atoms with E-state index in [1.807, 2.05) is 32.9 Å². The molecule has 4 atom stereocenters. The largest absolute Gasteiger partial charge is 0.469 e. The van der Waals surface area contributed by atoms with Gasteiger partial charge in [-0.05, 0) is 80.5 Å². The molecular formula is C34H40N4O5. The summed E-state index contributed by atoms with van der Waals surface area (Å²) in [6, 6.07) is 0. The van der Waals surface area contributed by atoms with Gasteiger partial charge in [0, 0.05) is 57.9 Å². The van der Waals surface area contributed by atoms with Gasteiger partial charge in [-0.25, -0.2) is 4.99 Å². The fourth-order valence-corrected chi connectivity index (χ4v) is 7.42. The van der Waals surface area contributed by atoms with Crippen molar-refractivity contribution in [3.63, 3.8) is 0 Å². The third-order valence-electron chi connectivity index (χ3n) is 10.1. The summed E-state index contributed by atoms with van der Waals surface area (Å²) < 4.78 is 4.93. The van der Waals surface area contributed by atoms with E-state index in [2.05, 4.69) is 24.1 Å². The predicted octanol–water partition coefficient (Wildman–Crippen LogP) is 2.71. The van der Waals surface area contributed by atoms with Crippen LogP contribution in [0.25, 0.3) is 12.2 Å². The molecule has 0 aromatic carbocycles. The Morgan fingerprint density at radius 3 is 2.56 bits per heavy atom. The molecule has 0 spiro atoms. The molecule has 0 saturated carbocycles. The first-order valence-electron chi connectivity index (χ1n) is 15.2. The van der Waals surface area contributed by atoms with Crippen LogP contribution in [0.2, 0.25) is 0 Å². The number of nitrogens with one attached hydrogen (secondary N) is 2. The van der Waals surface area contributed by atoms with E-state index in [1.54, 1.807) is 13.0 Å². The number of carbonyl (C=O) groups is 2. The number of nitrogens with zero attached hydrogens (tertiary/aromatic N) is 2. The Balaban J connectivity index is 1.66. The summed E-state index contributed by atoms with van der Waals surface area (Å²) in [5, 5.41) is 29.0. The third-order valence-corrected chi connectivity index (χ3v) is 10.1. The van der Waals surface area contributed by atoms with Crippen molar-refractivity contribution in [1.82, 2.24) is 10.3 Å². The molecule has 5 aliphatic rings. The summed E-state index contributed by atoms with van der Waals surface area (Å²) in [6.45, 7) is 11.7. The van der Waals surface area contributed by atoms with Crippen LogP contribution >= 0.6 is 0 Å². The zero-order valence-corrected chi connectivity index (χ0v) is 25.9. The Kier molecular flexibility index (Phi) is 6.89. The summed E-state index contributed by atoms with van der Waals surface area (Å²) in [4.78, 5) is 39.2. The zero-order chi connectivity index (χ0) is 31.0. The van der Waals surface area contributed by atoms with Crippen molar-refractivity contribution >= 4 is 35.3 Å². The molecule has 1 aliphatic carbocycles. The van der Waals surface area contributed by atoms with Gasteiger partial charge < -0.3 is 25.3 Å². The summed E-state index contributed by atoms with van der Waals surface area (Å²) >= 11 is 0. The Morgan fingerprint density at radius 1 is 1.14 bits per heavy atom. The van der Waals surface area contributed by atoms with Crippen LogP contribution in [0, 0.1) is 18.8 Å². The highest BCUT2D eigenvalue weighted by Crippen LogP contribution is 2.46. The molecule has 9 heteroatoms. The van der Waals surface area contributed by atoms with Gasteiger partial charge in [0.2, 0.25) is 0 Å². The first-order valence-corrected chi connectivity index (χ1v) is 15.2. The van der Waals surface area contributed by atoms with Gasteiger partial charge in [-0.15, -0.1) is 0 Å². The lowest BCUT2D eigenvalue weighted by molar-refractivity contribution is -0.140. The average Bonchev–Trinajstić information content (AvgIpc) is 3.68. The second-order valence-electron chi connectivity index (χ2n) is 12.4. The van der Waals surface area contributed by atoms with E-state index in [-0.39, 0.29) is 36.4 Å². The number of aliphatic imine (C=N–C) groups is 2. The Labute approximate surface area is 251 Å². The second kappa shape index (κ2) is 10.1. The zero-order valence-electron chi connectivity index (χ0n) is 25.9. The minimum absolute atomic E-state index is 0.00289. The molecule has 5 heterocycles. The molecule has 0 radical (unpaired) electrons. The number of ketones is 1. The Bertz CT molecular complexity index is 1790. The smallest absolute Gasteiger partial charge is 0.305 e. The molecular weight excluding hydrogens is 544 g/mol. The summed E-state index contributed by atoms with van der Waals surface area (Å²) in [5.74, 6) is -0.733. The number of hydrogen-bond donors (Lipinski definition) is 4. The fourth-order valence-electron chi connectivity index (χ4n) is 7.42. The summed E-state index contributed by atoms with van der Waals surface area (Å²) in [7, 11) is 1.37. The van der Waals surface area contributed by atoms with E-state index in [0.717, 1.165) is 45.1 Å². The van der Waals surface area contributed by atoms with E-state index in [4.69, 9.17) is 14.7 Å². The SMILES string of the molecule is CCC1=C2/C=c3\[nH]/c(c(CC)c3C)=C\C3=NC4=C(CC(=O)C4=C3C)C3=N/C(=C\C(O)(N2)C1(C)O)C(C)C3CCC(=O)OC. The van der Waals surface area contributed by atoms with Crippen molar-refractivity contribution in [3.8, 4) is 0 Å². The minimum atomic E-state index is -1.84. The monoisotopic (exact) mass is 584 g/mol. The van der Waals surface area contributed by atoms with Crippen molar-refractivity contribution in [1.29, 1.82) is 0 Å². The maximum absolute atomic E-state index is 13.5. The Hall–Kier alpha value is -3.82. The Morgan fingerprint density at radius 2 is 1.88 bits per heavy atom. The van der Waals surface area contributed by atoms with Crippen molar-refractivity contribution in [2.24, 2.45) is 21.8 Å². The number of Topliss-reactive ketones (excluding diaryl/α,β-unsaturated/α-hetero) is 1. The van der Waals surface area contributed by atoms with E-state index in [1.165, 1.54) is 7.11 Å². The van der Waals surface area contributed by atoms with Crippen LogP contribution in [0.3, 0.4) is 0 Å². The molecule has 0 amide bonds. The van der Waals surface area contributed by atoms with Crippen LogP contribution in [0.5, 0.6) is 0 Å². The molecule has 43 heavy (non-hydrogen) atoms. The van der Waals surface area contributed by atoms with Gasteiger partial charge in [0.1, 0.15) is 5.60 Å². The van der Waals surface area contributed by atoms with Crippen LogP contribution in [0.1, 0.15) is 71.4 Å². The lowest BCUT2D eigenvalue weighted by Gasteiger charge is -2.35. The number of allylic oxidation sites excluding steroid dienone is 5. The second-order valence-corrected chi connectivity index (χ2v) is 12.4. The lowest BCUT2D eigenvalue weighted by Crippen LogP contribution is -2.55. The number of hydrogen-bond acceptors (Lipinski definition) is 8. The van der Waals surface area contributed by atoms with E-state index >= 15 is 0 Å². The van der Waals surface area contributed by atoms with Gasteiger partial charge in [-0.1, -0.05) is 20.8 Å². The number of aliphatic hydroxyl groups is 2. The molecule has 4 unspecified atom stereocenters. The molecule has 1 aromatic rings. The maximum Gasteiger partial charge on any atom is 0.305 e. The van der Waals surface area contributed by atoms with Crippen LogP contribution in [-0.2, 0) is 20.7 Å². The highest BCUT2D eigenvalue weighted by Gasteiger charge is 2.54. The molecule has 8 bridgehead atoms. The number of H-pyrrole nitrogens is 1. The van der Waals surface area contributed by atoms with Crippen LogP contribution < -0.4 is 16.0 Å². The van der Waals surface area contributed by atoms with Gasteiger partial charge >= 0.3 is 5.97 Å². The number of aromatic amines is 1. The number of fused-ring (bicyclic) bond motifs is 6. The molecule has 1 aromatic heterocycles. The van der Waals surface area contributed by atoms with Crippen LogP contribution in [0.4, 0.5) is 0 Å². The quantitative estimate of drug-likeness (QED) is 0.393. The van der Waals surface area contributed by atoms with Gasteiger partial charge in [0.15, 0.2) is 11.5 Å². The molecule has 4 N–H and O–H groups in total. The lowest BCUT2D eigenvalue weighted by atomic mass is 9.81. The number of ether oxygens (including phenoxy) is 1.